The topological polar surface area (TPSA) is 58.9 Å². The van der Waals surface area contributed by atoms with Gasteiger partial charge in [-0.15, -0.1) is 0 Å². The summed E-state index contributed by atoms with van der Waals surface area (Å²) in [5.74, 6) is -1.52. The molecule has 6 rings (SSSR count). The van der Waals surface area contributed by atoms with Crippen molar-refractivity contribution in [2.24, 2.45) is 0 Å². The van der Waals surface area contributed by atoms with Crippen LogP contribution in [0, 0.1) is 11.6 Å². The zero-order valence-electron chi connectivity index (χ0n) is 24.3. The van der Waals surface area contributed by atoms with Crippen LogP contribution in [-0.2, 0) is 36.6 Å². The number of hydrogen-bond donors (Lipinski definition) is 0. The molecule has 0 radical (unpaired) electrons. The summed E-state index contributed by atoms with van der Waals surface area (Å²) < 4.78 is 55.0. The number of ether oxygens (including phenoxy) is 4. The molecule has 0 amide bonds. The van der Waals surface area contributed by atoms with Crippen LogP contribution >= 0.6 is 0 Å². The van der Waals surface area contributed by atoms with E-state index in [2.05, 4.69) is 13.8 Å². The third-order valence-corrected chi connectivity index (χ3v) is 8.29. The average molecular weight is 576 g/mol. The smallest absolute Gasteiger partial charge is 0.334 e. The van der Waals surface area contributed by atoms with Crippen molar-refractivity contribution < 1.29 is 32.5 Å². The second-order valence-corrected chi connectivity index (χ2v) is 11.8. The second-order valence-electron chi connectivity index (χ2n) is 11.8. The standard InChI is InChI=1S/C34H35F2NO5/c1-5-39-32(38)21(2)42-24-17-34(18-24)30-29-27(12-9-13-28(29)40-19-22-10-7-6-8-11-22)37(31(30)33(3,4)20-41-34)23-14-15-25(35)26(36)16-23/h6-16,21,24H,5,17-20H2,1-4H3/t21?,24-,34-. The van der Waals surface area contributed by atoms with Crippen molar-refractivity contribution >= 4 is 16.9 Å². The fraction of sp³-hybridized carbons (Fsp3) is 0.382. The predicted molar refractivity (Wildman–Crippen MR) is 155 cm³/mol. The van der Waals surface area contributed by atoms with Crippen molar-refractivity contribution in [2.75, 3.05) is 13.2 Å². The molecule has 0 bridgehead atoms. The van der Waals surface area contributed by atoms with Gasteiger partial charge in [-0.3, -0.25) is 0 Å². The Bertz CT molecular complexity index is 1620. The number of carbonyl (C=O) groups is 1. The van der Waals surface area contributed by atoms with Gasteiger partial charge in [-0.2, -0.15) is 0 Å². The van der Waals surface area contributed by atoms with Gasteiger partial charge in [-0.05, 0) is 43.7 Å². The van der Waals surface area contributed by atoms with Crippen LogP contribution in [0.1, 0.15) is 57.4 Å². The summed E-state index contributed by atoms with van der Waals surface area (Å²) in [7, 11) is 0. The Morgan fingerprint density at radius 2 is 1.81 bits per heavy atom. The molecule has 0 N–H and O–H groups in total. The first-order valence-electron chi connectivity index (χ1n) is 14.4. The quantitative estimate of drug-likeness (QED) is 0.209. The molecule has 1 aliphatic carbocycles. The molecule has 42 heavy (non-hydrogen) atoms. The molecule has 2 heterocycles. The molecule has 4 aromatic rings. The third kappa shape index (κ3) is 4.86. The molecule has 1 unspecified atom stereocenters. The maximum atomic E-state index is 14.6. The molecular formula is C34H35F2NO5. The zero-order chi connectivity index (χ0) is 29.6. The Balaban J connectivity index is 1.49. The van der Waals surface area contributed by atoms with Gasteiger partial charge in [0, 0.05) is 46.7 Å². The van der Waals surface area contributed by atoms with E-state index in [1.54, 1.807) is 19.9 Å². The minimum atomic E-state index is -0.913. The molecule has 0 saturated heterocycles. The van der Waals surface area contributed by atoms with E-state index in [4.69, 9.17) is 18.9 Å². The molecule has 8 heteroatoms. The van der Waals surface area contributed by atoms with Gasteiger partial charge in [0.05, 0.1) is 24.8 Å². The molecule has 1 spiro atoms. The molecule has 1 atom stereocenters. The number of nitrogens with zero attached hydrogens (tertiary/aromatic N) is 1. The highest BCUT2D eigenvalue weighted by atomic mass is 19.2. The number of fused-ring (bicyclic) bond motifs is 4. The van der Waals surface area contributed by atoms with E-state index < -0.39 is 34.7 Å². The van der Waals surface area contributed by atoms with E-state index in [0.717, 1.165) is 33.8 Å². The van der Waals surface area contributed by atoms with Crippen LogP contribution in [0.2, 0.25) is 0 Å². The summed E-state index contributed by atoms with van der Waals surface area (Å²) in [5, 5.41) is 0.873. The maximum Gasteiger partial charge on any atom is 0.334 e. The third-order valence-electron chi connectivity index (χ3n) is 8.29. The van der Waals surface area contributed by atoms with E-state index >= 15 is 0 Å². The Morgan fingerprint density at radius 3 is 2.52 bits per heavy atom. The van der Waals surface area contributed by atoms with E-state index in [1.165, 1.54) is 6.07 Å². The Hall–Kier alpha value is -3.75. The number of hydrogen-bond acceptors (Lipinski definition) is 5. The average Bonchev–Trinajstić information content (AvgIpc) is 3.32. The van der Waals surface area contributed by atoms with Gasteiger partial charge < -0.3 is 23.5 Å². The summed E-state index contributed by atoms with van der Waals surface area (Å²) in [5.41, 5.74) is 3.13. The SMILES string of the molecule is CCOC(=O)C(C)O[C@H]1C[C@@]2(C1)OCC(C)(C)c1c2c2c(OCc3ccccc3)cccc2n1-c1ccc(F)c(F)c1. The molecule has 1 aliphatic heterocycles. The van der Waals surface area contributed by atoms with Crippen LogP contribution in [0.25, 0.3) is 16.6 Å². The molecule has 6 nitrogen and oxygen atoms in total. The van der Waals surface area contributed by atoms with E-state index in [0.29, 0.717) is 37.5 Å². The van der Waals surface area contributed by atoms with E-state index in [-0.39, 0.29) is 12.7 Å². The summed E-state index contributed by atoms with van der Waals surface area (Å²) in [6, 6.07) is 19.7. The van der Waals surface area contributed by atoms with Crippen molar-refractivity contribution in [1.29, 1.82) is 0 Å². The van der Waals surface area contributed by atoms with E-state index in [1.807, 2.05) is 53.1 Å². The molecule has 3 aromatic carbocycles. The minimum absolute atomic E-state index is 0.211. The van der Waals surface area contributed by atoms with Crippen molar-refractivity contribution in [3.63, 3.8) is 0 Å². The van der Waals surface area contributed by atoms with Crippen LogP contribution in [-0.4, -0.2) is 36.0 Å². The van der Waals surface area contributed by atoms with Gasteiger partial charge >= 0.3 is 5.97 Å². The van der Waals surface area contributed by atoms with Gasteiger partial charge in [0.2, 0.25) is 0 Å². The van der Waals surface area contributed by atoms with Crippen molar-refractivity contribution in [1.82, 2.24) is 4.57 Å². The van der Waals surface area contributed by atoms with Gasteiger partial charge in [0.1, 0.15) is 18.0 Å². The normalized spacial score (nSPS) is 21.5. The minimum Gasteiger partial charge on any atom is -0.488 e. The van der Waals surface area contributed by atoms with E-state index in [9.17, 15) is 13.6 Å². The summed E-state index contributed by atoms with van der Waals surface area (Å²) in [6.07, 6.45) is 0.158. The first kappa shape index (κ1) is 28.4. The Morgan fingerprint density at radius 1 is 1.05 bits per heavy atom. The lowest BCUT2D eigenvalue weighted by Crippen LogP contribution is -2.54. The fourth-order valence-electron chi connectivity index (χ4n) is 6.30. The lowest BCUT2D eigenvalue weighted by Gasteiger charge is -2.53. The summed E-state index contributed by atoms with van der Waals surface area (Å²) in [6.45, 7) is 8.72. The van der Waals surface area contributed by atoms with Crippen molar-refractivity contribution in [3.8, 4) is 11.4 Å². The van der Waals surface area contributed by atoms with Crippen LogP contribution in [0.4, 0.5) is 8.78 Å². The second kappa shape index (κ2) is 10.8. The lowest BCUT2D eigenvalue weighted by molar-refractivity contribution is -0.210. The molecule has 220 valence electrons. The zero-order valence-corrected chi connectivity index (χ0v) is 24.3. The number of benzene rings is 3. The van der Waals surface area contributed by atoms with Gasteiger partial charge in [0.25, 0.3) is 0 Å². The largest absolute Gasteiger partial charge is 0.488 e. The van der Waals surface area contributed by atoms with Gasteiger partial charge in [-0.1, -0.05) is 50.2 Å². The first-order chi connectivity index (χ1) is 20.1. The maximum absolute atomic E-state index is 14.6. The Labute approximate surface area is 244 Å². The first-order valence-corrected chi connectivity index (χ1v) is 14.4. The van der Waals surface area contributed by atoms with Gasteiger partial charge in [0.15, 0.2) is 17.7 Å². The molecular weight excluding hydrogens is 540 g/mol. The highest BCUT2D eigenvalue weighted by Crippen LogP contribution is 2.58. The number of aromatic nitrogens is 1. The highest BCUT2D eigenvalue weighted by molar-refractivity contribution is 5.94. The number of halogens is 2. The lowest BCUT2D eigenvalue weighted by atomic mass is 9.66. The molecule has 2 aliphatic rings. The Kier molecular flexibility index (Phi) is 7.31. The number of rotatable bonds is 8. The van der Waals surface area contributed by atoms with Crippen LogP contribution in [0.3, 0.4) is 0 Å². The number of esters is 1. The summed E-state index contributed by atoms with van der Waals surface area (Å²) in [4.78, 5) is 12.2. The predicted octanol–water partition coefficient (Wildman–Crippen LogP) is 7.12. The monoisotopic (exact) mass is 575 g/mol. The van der Waals surface area contributed by atoms with Crippen molar-refractivity contribution in [2.45, 2.75) is 70.4 Å². The van der Waals surface area contributed by atoms with Crippen LogP contribution in [0.5, 0.6) is 5.75 Å². The molecule has 1 fully saturated rings. The molecule has 1 aromatic heterocycles. The van der Waals surface area contributed by atoms with Crippen LogP contribution in [0.15, 0.2) is 66.7 Å². The fourth-order valence-corrected chi connectivity index (χ4v) is 6.30. The molecule has 1 saturated carbocycles. The van der Waals surface area contributed by atoms with Crippen molar-refractivity contribution in [3.05, 3.63) is 95.2 Å². The van der Waals surface area contributed by atoms with Crippen LogP contribution < -0.4 is 4.74 Å². The summed E-state index contributed by atoms with van der Waals surface area (Å²) >= 11 is 0. The number of carbonyl (C=O) groups excluding carboxylic acids is 1. The highest BCUT2D eigenvalue weighted by Gasteiger charge is 2.56. The van der Waals surface area contributed by atoms with Gasteiger partial charge in [-0.25, -0.2) is 13.6 Å².